The Hall–Kier alpha value is -3.07. The van der Waals surface area contributed by atoms with Crippen LogP contribution in [0.4, 0.5) is 5.69 Å². The highest BCUT2D eigenvalue weighted by molar-refractivity contribution is 7.92. The molecule has 10 heteroatoms. The van der Waals surface area contributed by atoms with Gasteiger partial charge in [0.05, 0.1) is 10.6 Å². The Kier molecular flexibility index (Phi) is 11.0. The predicted octanol–water partition coefficient (Wildman–Crippen LogP) is 6.14. The van der Waals surface area contributed by atoms with Gasteiger partial charge in [0.1, 0.15) is 12.6 Å². The third kappa shape index (κ3) is 8.22. The maximum Gasteiger partial charge on any atom is 0.264 e. The minimum absolute atomic E-state index is 0.0117. The van der Waals surface area contributed by atoms with Crippen molar-refractivity contribution in [1.82, 2.24) is 10.2 Å². The molecule has 1 N–H and O–H groups in total. The molecule has 0 aromatic heterocycles. The van der Waals surface area contributed by atoms with Crippen LogP contribution in [-0.4, -0.2) is 44.3 Å². The number of nitrogens with zero attached hydrogens (tertiary/aromatic N) is 2. The van der Waals surface area contributed by atoms with Crippen molar-refractivity contribution in [2.24, 2.45) is 0 Å². The molecule has 214 valence electrons. The first-order valence-corrected chi connectivity index (χ1v) is 15.3. The summed E-state index contributed by atoms with van der Waals surface area (Å²) in [5.74, 6) is -0.861. The molecule has 3 aromatic carbocycles. The summed E-state index contributed by atoms with van der Waals surface area (Å²) in [5.41, 5.74) is 2.85. The highest BCUT2D eigenvalue weighted by Gasteiger charge is 2.32. The highest BCUT2D eigenvalue weighted by atomic mass is 35.5. The molecule has 2 amide bonds. The topological polar surface area (TPSA) is 86.8 Å². The molecular formula is C30H35Cl2N3O4S. The lowest BCUT2D eigenvalue weighted by Crippen LogP contribution is -2.51. The Balaban J connectivity index is 2.03. The summed E-state index contributed by atoms with van der Waals surface area (Å²) < 4.78 is 28.8. The molecule has 3 aromatic rings. The zero-order valence-corrected chi connectivity index (χ0v) is 25.5. The van der Waals surface area contributed by atoms with Crippen molar-refractivity contribution in [2.75, 3.05) is 17.4 Å². The number of unbranched alkanes of at least 4 members (excludes halogenated alkanes) is 1. The van der Waals surface area contributed by atoms with Gasteiger partial charge in [0, 0.05) is 23.1 Å². The molecule has 7 nitrogen and oxygen atoms in total. The largest absolute Gasteiger partial charge is 0.354 e. The van der Waals surface area contributed by atoms with Crippen LogP contribution in [0.3, 0.4) is 0 Å². The van der Waals surface area contributed by atoms with Crippen LogP contribution in [-0.2, 0) is 26.2 Å². The smallest absolute Gasteiger partial charge is 0.264 e. The van der Waals surface area contributed by atoms with E-state index in [1.54, 1.807) is 19.1 Å². The monoisotopic (exact) mass is 603 g/mol. The number of nitrogens with one attached hydrogen (secondary N) is 1. The number of benzene rings is 3. The van der Waals surface area contributed by atoms with Gasteiger partial charge in [0.2, 0.25) is 11.8 Å². The molecule has 0 radical (unpaired) electrons. The Bertz CT molecular complexity index is 1430. The van der Waals surface area contributed by atoms with Crippen LogP contribution in [0.2, 0.25) is 10.0 Å². The first kappa shape index (κ1) is 31.5. The number of sulfonamides is 1. The van der Waals surface area contributed by atoms with Crippen LogP contribution in [0, 0.1) is 13.8 Å². The molecule has 1 unspecified atom stereocenters. The van der Waals surface area contributed by atoms with Crippen LogP contribution in [0.25, 0.3) is 0 Å². The Morgan fingerprint density at radius 2 is 1.57 bits per heavy atom. The highest BCUT2D eigenvalue weighted by Crippen LogP contribution is 2.30. The molecule has 0 saturated heterocycles. The predicted molar refractivity (Wildman–Crippen MR) is 161 cm³/mol. The van der Waals surface area contributed by atoms with E-state index in [0.717, 1.165) is 33.8 Å². The van der Waals surface area contributed by atoms with Gasteiger partial charge in [-0.3, -0.25) is 13.9 Å². The zero-order valence-electron chi connectivity index (χ0n) is 23.2. The van der Waals surface area contributed by atoms with Crippen LogP contribution in [0.5, 0.6) is 0 Å². The van der Waals surface area contributed by atoms with E-state index in [2.05, 4.69) is 5.32 Å². The number of halogens is 2. The first-order valence-electron chi connectivity index (χ1n) is 13.1. The van der Waals surface area contributed by atoms with Gasteiger partial charge >= 0.3 is 0 Å². The van der Waals surface area contributed by atoms with Crippen molar-refractivity contribution in [3.63, 3.8) is 0 Å². The fourth-order valence-corrected chi connectivity index (χ4v) is 6.09. The van der Waals surface area contributed by atoms with Crippen LogP contribution >= 0.6 is 23.2 Å². The Labute approximate surface area is 247 Å². The van der Waals surface area contributed by atoms with Crippen molar-refractivity contribution in [2.45, 2.75) is 58.0 Å². The standard InChI is InChI=1S/C30H35Cl2N3O4S/c1-5-6-14-33-30(37)23(4)34(19-24-9-7-8-22(3)15-24)29(36)20-35(27-17-25(31)16-26(32)18-27)40(38,39)28-12-10-21(2)11-13-28/h7-13,15-18,23H,5-6,14,19-20H2,1-4H3,(H,33,37). The fraction of sp³-hybridized carbons (Fsp3) is 0.333. The van der Waals surface area contributed by atoms with Gasteiger partial charge in [0.25, 0.3) is 10.0 Å². The summed E-state index contributed by atoms with van der Waals surface area (Å²) in [7, 11) is -4.21. The number of hydrogen-bond donors (Lipinski definition) is 1. The summed E-state index contributed by atoms with van der Waals surface area (Å²) >= 11 is 12.5. The molecule has 0 heterocycles. The lowest BCUT2D eigenvalue weighted by atomic mass is 10.1. The molecule has 0 aliphatic heterocycles. The molecule has 0 aliphatic carbocycles. The van der Waals surface area contributed by atoms with Crippen molar-refractivity contribution in [3.8, 4) is 0 Å². The second-order valence-electron chi connectivity index (χ2n) is 9.78. The quantitative estimate of drug-likeness (QED) is 0.252. The second-order valence-corrected chi connectivity index (χ2v) is 12.5. The number of anilines is 1. The molecule has 40 heavy (non-hydrogen) atoms. The normalized spacial score (nSPS) is 12.1. The number of carbonyl (C=O) groups is 2. The maximum atomic E-state index is 14.0. The van der Waals surface area contributed by atoms with E-state index in [4.69, 9.17) is 23.2 Å². The summed E-state index contributed by atoms with van der Waals surface area (Å²) in [6, 6.07) is 17.5. The van der Waals surface area contributed by atoms with Crippen molar-refractivity contribution in [1.29, 1.82) is 0 Å². The van der Waals surface area contributed by atoms with Gasteiger partial charge in [-0.25, -0.2) is 8.42 Å². The average Bonchev–Trinajstić information content (AvgIpc) is 2.89. The Morgan fingerprint density at radius 3 is 2.17 bits per heavy atom. The van der Waals surface area contributed by atoms with Crippen molar-refractivity contribution < 1.29 is 18.0 Å². The molecule has 0 spiro atoms. The van der Waals surface area contributed by atoms with Crippen LogP contribution in [0.1, 0.15) is 43.4 Å². The summed E-state index contributed by atoms with van der Waals surface area (Å²) in [6.07, 6.45) is 1.72. The summed E-state index contributed by atoms with van der Waals surface area (Å²) in [6.45, 7) is 7.50. The van der Waals surface area contributed by atoms with E-state index in [9.17, 15) is 18.0 Å². The van der Waals surface area contributed by atoms with Gasteiger partial charge < -0.3 is 10.2 Å². The van der Waals surface area contributed by atoms with Gasteiger partial charge in [0.15, 0.2) is 0 Å². The number of hydrogen-bond acceptors (Lipinski definition) is 4. The van der Waals surface area contributed by atoms with Gasteiger partial charge in [-0.05, 0) is 63.1 Å². The number of rotatable bonds is 12. The van der Waals surface area contributed by atoms with Gasteiger partial charge in [-0.15, -0.1) is 0 Å². The third-order valence-corrected chi connectivity index (χ3v) is 8.68. The van der Waals surface area contributed by atoms with Gasteiger partial charge in [-0.1, -0.05) is 84.1 Å². The molecular weight excluding hydrogens is 569 g/mol. The van der Waals surface area contributed by atoms with Crippen LogP contribution in [0.15, 0.2) is 71.6 Å². The second kappa shape index (κ2) is 14.0. The third-order valence-electron chi connectivity index (χ3n) is 6.46. The fourth-order valence-electron chi connectivity index (χ4n) is 4.18. The Morgan fingerprint density at radius 1 is 0.925 bits per heavy atom. The SMILES string of the molecule is CCCCNC(=O)C(C)N(Cc1cccc(C)c1)C(=O)CN(c1cc(Cl)cc(Cl)c1)S(=O)(=O)c1ccc(C)cc1. The zero-order chi connectivity index (χ0) is 29.4. The number of aryl methyl sites for hydroxylation is 2. The first-order chi connectivity index (χ1) is 18.9. The van der Waals surface area contributed by atoms with Gasteiger partial charge in [-0.2, -0.15) is 0 Å². The van der Waals surface area contributed by atoms with E-state index in [-0.39, 0.29) is 33.1 Å². The molecule has 0 saturated carbocycles. The number of amides is 2. The molecule has 0 bridgehead atoms. The van der Waals surface area contributed by atoms with E-state index in [1.807, 2.05) is 45.0 Å². The lowest BCUT2D eigenvalue weighted by Gasteiger charge is -2.32. The van der Waals surface area contributed by atoms with E-state index < -0.39 is 28.5 Å². The van der Waals surface area contributed by atoms with Crippen LogP contribution < -0.4 is 9.62 Å². The summed E-state index contributed by atoms with van der Waals surface area (Å²) in [5, 5.41) is 3.32. The minimum atomic E-state index is -4.21. The maximum absolute atomic E-state index is 14.0. The summed E-state index contributed by atoms with van der Waals surface area (Å²) in [4.78, 5) is 28.4. The van der Waals surface area contributed by atoms with E-state index in [1.165, 1.54) is 35.2 Å². The molecule has 0 aliphatic rings. The average molecular weight is 605 g/mol. The van der Waals surface area contributed by atoms with E-state index >= 15 is 0 Å². The minimum Gasteiger partial charge on any atom is -0.354 e. The lowest BCUT2D eigenvalue weighted by molar-refractivity contribution is -0.139. The molecule has 0 fully saturated rings. The van der Waals surface area contributed by atoms with Crippen molar-refractivity contribution in [3.05, 3.63) is 93.5 Å². The molecule has 1 atom stereocenters. The van der Waals surface area contributed by atoms with Crippen molar-refractivity contribution >= 4 is 50.7 Å². The van der Waals surface area contributed by atoms with E-state index in [0.29, 0.717) is 6.54 Å². The number of carbonyl (C=O) groups excluding carboxylic acids is 2. The molecule has 3 rings (SSSR count).